The maximum absolute atomic E-state index is 13.3. The molecular formula is C26H21F3N6O4. The molecule has 0 radical (unpaired) electrons. The third-order valence-electron chi connectivity index (χ3n) is 5.26. The number of furan rings is 2. The summed E-state index contributed by atoms with van der Waals surface area (Å²) in [5.74, 6) is -2.88. The van der Waals surface area contributed by atoms with Crippen molar-refractivity contribution in [2.45, 2.75) is 13.1 Å². The number of carbonyl (C=O) groups excluding carboxylic acids is 2. The normalized spacial score (nSPS) is 11.6. The summed E-state index contributed by atoms with van der Waals surface area (Å²) in [5, 5.41) is 9.91. The lowest BCUT2D eigenvalue weighted by atomic mass is 10.1. The van der Waals surface area contributed by atoms with Crippen molar-refractivity contribution in [3.8, 4) is 22.6 Å². The zero-order valence-electron chi connectivity index (χ0n) is 20.2. The van der Waals surface area contributed by atoms with Crippen LogP contribution in [0.5, 0.6) is 0 Å². The van der Waals surface area contributed by atoms with E-state index in [2.05, 4.69) is 21.2 Å². The number of nitrogens with two attached hydrogens (primary N) is 1. The van der Waals surface area contributed by atoms with E-state index in [0.29, 0.717) is 5.76 Å². The van der Waals surface area contributed by atoms with E-state index in [1.807, 2.05) is 31.2 Å². The number of rotatable bonds is 4. The van der Waals surface area contributed by atoms with Crippen LogP contribution in [-0.2, 0) is 6.18 Å². The largest absolute Gasteiger partial charge is 0.451 e. The van der Waals surface area contributed by atoms with E-state index in [4.69, 9.17) is 20.0 Å². The molecule has 0 atom stereocenters. The lowest BCUT2D eigenvalue weighted by Crippen LogP contribution is -2.51. The van der Waals surface area contributed by atoms with E-state index in [9.17, 15) is 22.8 Å². The molecule has 0 aliphatic carbocycles. The van der Waals surface area contributed by atoms with Gasteiger partial charge in [0.1, 0.15) is 11.5 Å². The first-order valence-corrected chi connectivity index (χ1v) is 11.2. The highest BCUT2D eigenvalue weighted by molar-refractivity contribution is 6.04. The van der Waals surface area contributed by atoms with Gasteiger partial charge in [0.2, 0.25) is 11.9 Å². The number of aryl methyl sites for hydroxylation is 1. The molecule has 200 valence electrons. The molecule has 2 aromatic heterocycles. The standard InChI is InChI=1S/C26H21F3N6O4/c1-14-6-8-15(9-7-14)18-10-12-20(38-18)22(36)32-24(30)34-35-25(31)33-23(37)21-13-11-19(39-21)16-4-2-3-5-17(16)26(27,28)29/h2-13H,1H3,(H3,30,32,34,36)(H3,31,33,35,37). The number of carbonyl (C=O) groups is 2. The van der Waals surface area contributed by atoms with Crippen LogP contribution in [0.15, 0.2) is 86.6 Å². The summed E-state index contributed by atoms with van der Waals surface area (Å²) in [4.78, 5) is 28.3. The number of halogens is 3. The van der Waals surface area contributed by atoms with Gasteiger partial charge in [-0.1, -0.05) is 48.0 Å². The van der Waals surface area contributed by atoms with Crippen molar-refractivity contribution in [3.05, 3.63) is 95.4 Å². The van der Waals surface area contributed by atoms with Gasteiger partial charge in [-0.2, -0.15) is 18.2 Å². The second kappa shape index (κ2) is 11.0. The Kier molecular flexibility index (Phi) is 7.51. The maximum Gasteiger partial charge on any atom is 0.417 e. The van der Waals surface area contributed by atoms with Crippen molar-refractivity contribution >= 4 is 23.7 Å². The highest BCUT2D eigenvalue weighted by Crippen LogP contribution is 2.37. The fourth-order valence-electron chi connectivity index (χ4n) is 3.40. The van der Waals surface area contributed by atoms with E-state index in [0.717, 1.165) is 17.2 Å². The van der Waals surface area contributed by atoms with E-state index in [1.54, 1.807) is 6.07 Å². The number of alkyl halides is 3. The average molecular weight is 538 g/mol. The molecule has 4 aromatic rings. The van der Waals surface area contributed by atoms with Gasteiger partial charge in [0.15, 0.2) is 11.5 Å². The molecule has 0 bridgehead atoms. The Morgan fingerprint density at radius 2 is 1.51 bits per heavy atom. The van der Waals surface area contributed by atoms with Gasteiger partial charge >= 0.3 is 12.1 Å². The number of hydrogen-bond donors (Lipinski definition) is 5. The smallest absolute Gasteiger partial charge is 0.417 e. The van der Waals surface area contributed by atoms with Gasteiger partial charge in [-0.3, -0.25) is 31.2 Å². The molecule has 2 aromatic carbocycles. The molecule has 2 heterocycles. The predicted octanol–water partition coefficient (Wildman–Crippen LogP) is 4.45. The number of guanidine groups is 2. The summed E-state index contributed by atoms with van der Waals surface area (Å²) in [6.45, 7) is 1.94. The minimum absolute atomic E-state index is 0.0700. The van der Waals surface area contributed by atoms with Crippen LogP contribution in [-0.4, -0.2) is 23.7 Å². The van der Waals surface area contributed by atoms with Gasteiger partial charge in [0.25, 0.3) is 5.91 Å². The van der Waals surface area contributed by atoms with E-state index in [1.165, 1.54) is 36.4 Å². The molecule has 2 amide bonds. The Morgan fingerprint density at radius 1 is 0.872 bits per heavy atom. The summed E-state index contributed by atoms with van der Waals surface area (Å²) in [6, 6.07) is 17.7. The number of aliphatic imine (C=N–C) groups is 1. The van der Waals surface area contributed by atoms with Gasteiger partial charge in [-0.05, 0) is 37.3 Å². The van der Waals surface area contributed by atoms with E-state index < -0.39 is 35.5 Å². The van der Waals surface area contributed by atoms with Crippen molar-refractivity contribution in [3.63, 3.8) is 0 Å². The summed E-state index contributed by atoms with van der Waals surface area (Å²) < 4.78 is 50.6. The second-order valence-corrected chi connectivity index (χ2v) is 8.12. The van der Waals surface area contributed by atoms with E-state index >= 15 is 0 Å². The number of hydrogen-bond acceptors (Lipinski definition) is 5. The van der Waals surface area contributed by atoms with Crippen molar-refractivity contribution in [1.29, 1.82) is 5.41 Å². The second-order valence-electron chi connectivity index (χ2n) is 8.12. The summed E-state index contributed by atoms with van der Waals surface area (Å²) in [7, 11) is 0. The minimum Gasteiger partial charge on any atom is -0.451 e. The Hall–Kier alpha value is -5.33. The van der Waals surface area contributed by atoms with Gasteiger partial charge in [0, 0.05) is 11.1 Å². The SMILES string of the molecule is Cc1ccc(-c2ccc(C(=O)N=C(N)NNC(=N)NC(=O)c3ccc(-c4ccccc4C(F)(F)F)o3)o2)cc1. The number of hydrazine groups is 1. The summed E-state index contributed by atoms with van der Waals surface area (Å²) >= 11 is 0. The van der Waals surface area contributed by atoms with Crippen molar-refractivity contribution in [1.82, 2.24) is 16.2 Å². The molecule has 13 heteroatoms. The minimum atomic E-state index is -4.62. The Labute approximate surface area is 219 Å². The molecule has 0 aliphatic rings. The Bertz CT molecular complexity index is 1550. The third kappa shape index (κ3) is 6.52. The monoisotopic (exact) mass is 538 g/mol. The molecule has 0 fully saturated rings. The highest BCUT2D eigenvalue weighted by Gasteiger charge is 2.34. The van der Waals surface area contributed by atoms with E-state index in [-0.39, 0.29) is 22.8 Å². The third-order valence-corrected chi connectivity index (χ3v) is 5.26. The van der Waals surface area contributed by atoms with Crippen molar-refractivity contribution < 1.29 is 31.6 Å². The Morgan fingerprint density at radius 3 is 2.23 bits per heavy atom. The average Bonchev–Trinajstić information content (AvgIpc) is 3.58. The van der Waals surface area contributed by atoms with Gasteiger partial charge < -0.3 is 14.6 Å². The maximum atomic E-state index is 13.3. The van der Waals surface area contributed by atoms with Crippen LogP contribution in [0, 0.1) is 12.3 Å². The first-order valence-electron chi connectivity index (χ1n) is 11.2. The van der Waals surface area contributed by atoms with Crippen LogP contribution in [0.25, 0.3) is 22.6 Å². The summed E-state index contributed by atoms with van der Waals surface area (Å²) in [6.07, 6.45) is -4.62. The number of nitrogens with one attached hydrogen (secondary N) is 4. The molecule has 10 nitrogen and oxygen atoms in total. The quantitative estimate of drug-likeness (QED) is 0.146. The van der Waals surface area contributed by atoms with Crippen molar-refractivity contribution in [2.75, 3.05) is 0 Å². The molecular weight excluding hydrogens is 517 g/mol. The first kappa shape index (κ1) is 26.7. The number of nitrogens with zero attached hydrogens (tertiary/aromatic N) is 1. The molecule has 39 heavy (non-hydrogen) atoms. The Balaban J connectivity index is 1.32. The lowest BCUT2D eigenvalue weighted by molar-refractivity contribution is -0.137. The van der Waals surface area contributed by atoms with Crippen LogP contribution in [0.4, 0.5) is 13.2 Å². The van der Waals surface area contributed by atoms with Gasteiger partial charge in [0.05, 0.1) is 5.56 Å². The molecule has 0 saturated carbocycles. The fourth-order valence-corrected chi connectivity index (χ4v) is 3.40. The molecule has 0 aliphatic heterocycles. The van der Waals surface area contributed by atoms with Crippen LogP contribution in [0.2, 0.25) is 0 Å². The summed E-state index contributed by atoms with van der Waals surface area (Å²) in [5.41, 5.74) is 10.8. The van der Waals surface area contributed by atoms with Crippen molar-refractivity contribution in [2.24, 2.45) is 10.7 Å². The van der Waals surface area contributed by atoms with Crippen LogP contribution in [0.1, 0.15) is 32.2 Å². The zero-order chi connectivity index (χ0) is 28.2. The molecule has 0 spiro atoms. The number of benzene rings is 2. The molecule has 6 N–H and O–H groups in total. The topological polar surface area (TPSA) is 159 Å². The predicted molar refractivity (Wildman–Crippen MR) is 135 cm³/mol. The lowest BCUT2D eigenvalue weighted by Gasteiger charge is -2.11. The first-order chi connectivity index (χ1) is 18.5. The van der Waals surface area contributed by atoms with Crippen LogP contribution in [0.3, 0.4) is 0 Å². The number of amides is 2. The van der Waals surface area contributed by atoms with Crippen LogP contribution >= 0.6 is 0 Å². The molecule has 0 saturated heterocycles. The zero-order valence-corrected chi connectivity index (χ0v) is 20.2. The molecule has 4 rings (SSSR count). The van der Waals surface area contributed by atoms with Crippen LogP contribution < -0.4 is 21.9 Å². The van der Waals surface area contributed by atoms with Gasteiger partial charge in [-0.25, -0.2) is 0 Å². The van der Waals surface area contributed by atoms with Gasteiger partial charge in [-0.15, -0.1) is 0 Å². The fraction of sp³-hybridized carbons (Fsp3) is 0.0769. The highest BCUT2D eigenvalue weighted by atomic mass is 19.4. The molecule has 0 unspecified atom stereocenters.